The molecule has 0 aromatic carbocycles. The first kappa shape index (κ1) is 12.7. The Bertz CT molecular complexity index is 877. The minimum Gasteiger partial charge on any atom is -0.477 e. The van der Waals surface area contributed by atoms with E-state index in [4.69, 9.17) is 16.6 Å². The van der Waals surface area contributed by atoms with Gasteiger partial charge in [0.2, 0.25) is 0 Å². The number of carbonyl (C=O) groups excluding carboxylic acids is 1. The zero-order valence-electron chi connectivity index (χ0n) is 10.7. The van der Waals surface area contributed by atoms with E-state index in [9.17, 15) is 9.59 Å². The van der Waals surface area contributed by atoms with Crippen LogP contribution in [0.1, 0.15) is 20.8 Å². The Balaban J connectivity index is 2.14. The Hall–Kier alpha value is -3.29. The number of hydrogen-bond acceptors (Lipinski definition) is 4. The number of primary amides is 1. The minimum absolute atomic E-state index is 0.0824. The standard InChI is InChI=1S/C13H11N5O3/c14-11-8(12(15)19)4-17-18-5-7(2-10(11)18)6-1-9(13(20)21)16-3-6/h1-5,16H,14H2,(H2,15,19)(H,20,21). The molecule has 3 aromatic heterocycles. The van der Waals surface area contributed by atoms with E-state index in [0.717, 1.165) is 5.56 Å². The van der Waals surface area contributed by atoms with Crippen LogP contribution in [-0.4, -0.2) is 31.6 Å². The van der Waals surface area contributed by atoms with Crippen molar-refractivity contribution in [3.8, 4) is 11.1 Å². The van der Waals surface area contributed by atoms with E-state index in [2.05, 4.69) is 10.1 Å². The first-order valence-corrected chi connectivity index (χ1v) is 5.96. The van der Waals surface area contributed by atoms with Gasteiger partial charge in [0.05, 0.1) is 23.0 Å². The molecule has 6 N–H and O–H groups in total. The summed E-state index contributed by atoms with van der Waals surface area (Å²) in [6, 6.07) is 3.21. The number of aromatic amines is 1. The van der Waals surface area contributed by atoms with E-state index < -0.39 is 11.9 Å². The van der Waals surface area contributed by atoms with Crippen LogP contribution < -0.4 is 11.5 Å². The van der Waals surface area contributed by atoms with Crippen LogP contribution in [0.5, 0.6) is 0 Å². The third-order valence-corrected chi connectivity index (χ3v) is 3.19. The molecule has 0 saturated heterocycles. The van der Waals surface area contributed by atoms with Crippen molar-refractivity contribution in [2.24, 2.45) is 5.73 Å². The maximum Gasteiger partial charge on any atom is 0.352 e. The number of rotatable bonds is 3. The second kappa shape index (κ2) is 4.37. The topological polar surface area (TPSA) is 140 Å². The molecular weight excluding hydrogens is 274 g/mol. The third-order valence-electron chi connectivity index (χ3n) is 3.19. The summed E-state index contributed by atoms with van der Waals surface area (Å²) >= 11 is 0. The Morgan fingerprint density at radius 3 is 2.67 bits per heavy atom. The van der Waals surface area contributed by atoms with Crippen molar-refractivity contribution in [2.45, 2.75) is 0 Å². The van der Waals surface area contributed by atoms with Crippen molar-refractivity contribution in [3.05, 3.63) is 42.0 Å². The molecule has 0 aliphatic heterocycles. The van der Waals surface area contributed by atoms with Gasteiger partial charge < -0.3 is 21.6 Å². The van der Waals surface area contributed by atoms with Crippen molar-refractivity contribution in [3.63, 3.8) is 0 Å². The molecule has 0 aliphatic rings. The van der Waals surface area contributed by atoms with Crippen molar-refractivity contribution in [1.29, 1.82) is 0 Å². The van der Waals surface area contributed by atoms with Crippen LogP contribution in [-0.2, 0) is 0 Å². The van der Waals surface area contributed by atoms with E-state index in [1.165, 1.54) is 16.8 Å². The molecule has 0 bridgehead atoms. The van der Waals surface area contributed by atoms with E-state index in [-0.39, 0.29) is 16.9 Å². The molecule has 0 aliphatic carbocycles. The summed E-state index contributed by atoms with van der Waals surface area (Å²) in [6.07, 6.45) is 4.56. The van der Waals surface area contributed by atoms with Gasteiger partial charge >= 0.3 is 5.97 Å². The lowest BCUT2D eigenvalue weighted by atomic mass is 10.1. The van der Waals surface area contributed by atoms with E-state index in [0.29, 0.717) is 11.1 Å². The van der Waals surface area contributed by atoms with E-state index in [1.807, 2.05) is 0 Å². The average Bonchev–Trinajstić information content (AvgIpc) is 3.05. The fourth-order valence-corrected chi connectivity index (χ4v) is 2.11. The Kier molecular flexibility index (Phi) is 2.65. The third kappa shape index (κ3) is 1.98. The monoisotopic (exact) mass is 285 g/mol. The predicted molar refractivity (Wildman–Crippen MR) is 74.9 cm³/mol. The number of aromatic nitrogens is 3. The highest BCUT2D eigenvalue weighted by Crippen LogP contribution is 2.27. The average molecular weight is 285 g/mol. The summed E-state index contributed by atoms with van der Waals surface area (Å²) < 4.78 is 1.50. The van der Waals surface area contributed by atoms with Gasteiger partial charge in [0.1, 0.15) is 5.69 Å². The highest BCUT2D eigenvalue weighted by atomic mass is 16.4. The van der Waals surface area contributed by atoms with Gasteiger partial charge in [-0.3, -0.25) is 4.79 Å². The van der Waals surface area contributed by atoms with Crippen molar-refractivity contribution in [1.82, 2.24) is 14.6 Å². The molecule has 3 rings (SSSR count). The lowest BCUT2D eigenvalue weighted by Crippen LogP contribution is -2.15. The maximum atomic E-state index is 11.2. The van der Waals surface area contributed by atoms with Crippen LogP contribution in [0, 0.1) is 0 Å². The molecule has 0 radical (unpaired) electrons. The summed E-state index contributed by atoms with van der Waals surface area (Å²) in [5.41, 5.74) is 13.5. The highest BCUT2D eigenvalue weighted by Gasteiger charge is 2.14. The highest BCUT2D eigenvalue weighted by molar-refractivity contribution is 6.01. The Morgan fingerprint density at radius 1 is 1.29 bits per heavy atom. The van der Waals surface area contributed by atoms with Crippen LogP contribution in [0.2, 0.25) is 0 Å². The number of carboxylic acid groups (broad SMARTS) is 1. The molecule has 0 fully saturated rings. The summed E-state index contributed by atoms with van der Waals surface area (Å²) in [7, 11) is 0. The zero-order valence-corrected chi connectivity index (χ0v) is 10.7. The van der Waals surface area contributed by atoms with Crippen molar-refractivity contribution >= 4 is 23.1 Å². The molecule has 3 heterocycles. The van der Waals surface area contributed by atoms with Gasteiger partial charge in [-0.25, -0.2) is 9.31 Å². The molecule has 0 unspecified atom stereocenters. The van der Waals surface area contributed by atoms with Crippen LogP contribution in [0.4, 0.5) is 5.69 Å². The zero-order chi connectivity index (χ0) is 15.1. The molecule has 106 valence electrons. The van der Waals surface area contributed by atoms with Gasteiger partial charge in [-0.05, 0) is 12.1 Å². The van der Waals surface area contributed by atoms with Crippen molar-refractivity contribution in [2.75, 3.05) is 5.73 Å². The van der Waals surface area contributed by atoms with Gasteiger partial charge in [0.25, 0.3) is 5.91 Å². The van der Waals surface area contributed by atoms with Crippen LogP contribution in [0.3, 0.4) is 0 Å². The largest absolute Gasteiger partial charge is 0.477 e. The van der Waals surface area contributed by atoms with Crippen LogP contribution in [0.25, 0.3) is 16.6 Å². The molecule has 0 spiro atoms. The number of H-pyrrole nitrogens is 1. The van der Waals surface area contributed by atoms with Gasteiger partial charge in [-0.2, -0.15) is 5.10 Å². The normalized spacial score (nSPS) is 10.9. The van der Waals surface area contributed by atoms with Gasteiger partial charge in [-0.15, -0.1) is 0 Å². The molecule has 8 nitrogen and oxygen atoms in total. The Morgan fingerprint density at radius 2 is 2.05 bits per heavy atom. The first-order chi connectivity index (χ1) is 9.97. The fourth-order valence-electron chi connectivity index (χ4n) is 2.11. The number of aromatic carboxylic acids is 1. The molecule has 8 heteroatoms. The first-order valence-electron chi connectivity index (χ1n) is 5.96. The SMILES string of the molecule is NC(=O)c1cnn2cc(-c3c[nH]c(C(=O)O)c3)cc2c1N. The molecule has 0 saturated carbocycles. The number of nitrogens with zero attached hydrogens (tertiary/aromatic N) is 2. The second-order valence-corrected chi connectivity index (χ2v) is 4.50. The quantitative estimate of drug-likeness (QED) is 0.561. The number of carbonyl (C=O) groups is 2. The number of nitrogens with two attached hydrogens (primary N) is 2. The molecule has 1 amide bonds. The van der Waals surface area contributed by atoms with Gasteiger partial charge in [0.15, 0.2) is 0 Å². The van der Waals surface area contributed by atoms with Crippen molar-refractivity contribution < 1.29 is 14.7 Å². The molecule has 21 heavy (non-hydrogen) atoms. The second-order valence-electron chi connectivity index (χ2n) is 4.50. The minimum atomic E-state index is -1.04. The predicted octanol–water partition coefficient (Wildman–Crippen LogP) is 0.709. The lowest BCUT2D eigenvalue weighted by Gasteiger charge is -2.02. The number of nitrogen functional groups attached to an aromatic ring is 1. The maximum absolute atomic E-state index is 11.2. The Labute approximate surface area is 118 Å². The summed E-state index contributed by atoms with van der Waals surface area (Å²) in [5.74, 6) is -1.70. The number of anilines is 1. The van der Waals surface area contributed by atoms with E-state index in [1.54, 1.807) is 18.5 Å². The summed E-state index contributed by atoms with van der Waals surface area (Å²) in [4.78, 5) is 24.8. The van der Waals surface area contributed by atoms with Crippen LogP contribution >= 0.6 is 0 Å². The molecule has 3 aromatic rings. The number of amides is 1. The van der Waals surface area contributed by atoms with Gasteiger partial charge in [0, 0.05) is 23.5 Å². The van der Waals surface area contributed by atoms with Gasteiger partial charge in [-0.1, -0.05) is 0 Å². The number of nitrogens with one attached hydrogen (secondary N) is 1. The molecular formula is C13H11N5O3. The molecule has 0 atom stereocenters. The number of hydrogen-bond donors (Lipinski definition) is 4. The smallest absolute Gasteiger partial charge is 0.352 e. The summed E-state index contributed by atoms with van der Waals surface area (Å²) in [5, 5.41) is 13.0. The summed E-state index contributed by atoms with van der Waals surface area (Å²) in [6.45, 7) is 0. The van der Waals surface area contributed by atoms with E-state index >= 15 is 0 Å². The van der Waals surface area contributed by atoms with Crippen LogP contribution in [0.15, 0.2) is 30.7 Å². The lowest BCUT2D eigenvalue weighted by molar-refractivity contribution is 0.0691. The number of fused-ring (bicyclic) bond motifs is 1. The number of carboxylic acids is 1. The fraction of sp³-hybridized carbons (Fsp3) is 0.